The van der Waals surface area contributed by atoms with E-state index in [0.717, 1.165) is 76.0 Å². The molecule has 284 valence electrons. The number of carbonyl (C=O) groups excluding carboxylic acids is 1. The van der Waals surface area contributed by atoms with Crippen molar-refractivity contribution in [2.75, 3.05) is 20.2 Å². The van der Waals surface area contributed by atoms with Gasteiger partial charge in [0.1, 0.15) is 12.0 Å². The first-order valence-electron chi connectivity index (χ1n) is 19.1. The second-order valence-electron chi connectivity index (χ2n) is 13.5. The normalized spacial score (nSPS) is 17.9. The Morgan fingerprint density at radius 1 is 1.08 bits per heavy atom. The number of aliphatic hydroxyl groups excluding tert-OH is 1. The van der Waals surface area contributed by atoms with Gasteiger partial charge in [-0.2, -0.15) is 5.10 Å². The van der Waals surface area contributed by atoms with Gasteiger partial charge < -0.3 is 20.5 Å². The molecule has 2 aliphatic rings. The molecule has 1 saturated heterocycles. The number of carbonyl (C=O) groups is 1. The molecule has 1 aliphatic heterocycles. The van der Waals surface area contributed by atoms with E-state index in [9.17, 15) is 4.79 Å². The fourth-order valence-corrected chi connectivity index (χ4v) is 5.89. The summed E-state index contributed by atoms with van der Waals surface area (Å²) < 4.78 is 1.81. The van der Waals surface area contributed by atoms with Gasteiger partial charge in [-0.1, -0.05) is 72.6 Å². The number of likely N-dealkylation sites (tertiary alicyclic amines) is 1. The van der Waals surface area contributed by atoms with E-state index in [1.807, 2.05) is 84.5 Å². The molecule has 3 heterocycles. The standard InChI is InChI=1S/C19H27N5.C12H15NO.C6H13NO.C3H8.C2H6/c1-4-6-16(20)19-17(9-14-10-22-24(3)12-14)21-11-18(23-19)15-7-13(5-2)8-15;1-9(2)13-12-5-4-11(6-7-14)8-10(12)3;1-7-4-2-3-6(7)5-8;1-3-2;1-2/h6,10-13,15H,4-5,7-9,20H2,1-3H3;4-5,7-8H,6H2,1-3H3;6,8H,2-5H2,1H3;3H2,1-2H3;1-2H3. The van der Waals surface area contributed by atoms with Crippen LogP contribution in [-0.4, -0.2) is 68.0 Å². The van der Waals surface area contributed by atoms with Crippen molar-refractivity contribution in [3.63, 3.8) is 0 Å². The van der Waals surface area contributed by atoms with Gasteiger partial charge in [0.2, 0.25) is 0 Å². The Morgan fingerprint density at radius 3 is 2.24 bits per heavy atom. The van der Waals surface area contributed by atoms with Crippen LogP contribution in [-0.2, 0) is 24.7 Å². The summed E-state index contributed by atoms with van der Waals surface area (Å²) in [4.78, 5) is 26.5. The van der Waals surface area contributed by atoms with Crippen LogP contribution in [0.3, 0.4) is 0 Å². The van der Waals surface area contributed by atoms with Crippen LogP contribution in [0.25, 0.3) is 5.70 Å². The number of nitrogens with zero attached hydrogens (tertiary/aromatic N) is 6. The van der Waals surface area contributed by atoms with Crippen LogP contribution in [0, 0.1) is 12.8 Å². The first-order valence-corrected chi connectivity index (χ1v) is 19.1. The fraction of sp³-hybridized carbons (Fsp3) is 0.595. The predicted molar refractivity (Wildman–Crippen MR) is 216 cm³/mol. The smallest absolute Gasteiger partial charge is 0.124 e. The molecule has 0 spiro atoms. The van der Waals surface area contributed by atoms with Crippen molar-refractivity contribution in [2.45, 2.75) is 132 Å². The highest BCUT2D eigenvalue weighted by atomic mass is 16.3. The number of aliphatic imine (C=N–C) groups is 1. The first kappa shape index (κ1) is 45.3. The van der Waals surface area contributed by atoms with E-state index in [1.54, 1.807) is 4.68 Å². The summed E-state index contributed by atoms with van der Waals surface area (Å²) in [7, 11) is 3.99. The molecule has 1 unspecified atom stereocenters. The van der Waals surface area contributed by atoms with Gasteiger partial charge in [-0.15, -0.1) is 0 Å². The number of hydrogen-bond acceptors (Lipinski definition) is 8. The van der Waals surface area contributed by atoms with Crippen molar-refractivity contribution in [2.24, 2.45) is 23.7 Å². The molecule has 1 saturated carbocycles. The molecule has 1 atom stereocenters. The number of aryl methyl sites for hydroxylation is 2. The Morgan fingerprint density at radius 2 is 1.76 bits per heavy atom. The van der Waals surface area contributed by atoms with Gasteiger partial charge in [0, 0.05) is 50.0 Å². The lowest BCUT2D eigenvalue weighted by Crippen LogP contribution is -2.27. The van der Waals surface area contributed by atoms with Gasteiger partial charge in [-0.25, -0.2) is 4.98 Å². The summed E-state index contributed by atoms with van der Waals surface area (Å²) in [5, 5.41) is 12.9. The molecule has 9 nitrogen and oxygen atoms in total. The van der Waals surface area contributed by atoms with Crippen molar-refractivity contribution < 1.29 is 9.90 Å². The van der Waals surface area contributed by atoms with E-state index in [-0.39, 0.29) is 0 Å². The lowest BCUT2D eigenvalue weighted by Gasteiger charge is -2.34. The highest BCUT2D eigenvalue weighted by Crippen LogP contribution is 2.42. The molecule has 9 heteroatoms. The van der Waals surface area contributed by atoms with Gasteiger partial charge in [-0.3, -0.25) is 14.7 Å². The topological polar surface area (TPSA) is 123 Å². The maximum absolute atomic E-state index is 10.3. The van der Waals surface area contributed by atoms with Crippen LogP contribution in [0.1, 0.15) is 140 Å². The van der Waals surface area contributed by atoms with Gasteiger partial charge in [0.25, 0.3) is 0 Å². The minimum Gasteiger partial charge on any atom is -0.397 e. The fourth-order valence-electron chi connectivity index (χ4n) is 5.89. The van der Waals surface area contributed by atoms with Crippen molar-refractivity contribution >= 4 is 23.4 Å². The second kappa shape index (κ2) is 25.3. The van der Waals surface area contributed by atoms with E-state index in [2.05, 4.69) is 49.7 Å². The van der Waals surface area contributed by atoms with E-state index < -0.39 is 0 Å². The van der Waals surface area contributed by atoms with Crippen LogP contribution < -0.4 is 5.73 Å². The third kappa shape index (κ3) is 16.0. The number of aldehydes is 1. The Bertz CT molecular complexity index is 1470. The van der Waals surface area contributed by atoms with Crippen LogP contribution in [0.4, 0.5) is 5.69 Å². The monoisotopic (exact) mass is 704 g/mol. The maximum Gasteiger partial charge on any atom is 0.124 e. The molecule has 2 fully saturated rings. The van der Waals surface area contributed by atoms with Crippen molar-refractivity contribution in [3.8, 4) is 0 Å². The molecule has 3 aromatic rings. The van der Waals surface area contributed by atoms with Crippen molar-refractivity contribution in [3.05, 3.63) is 76.6 Å². The molecular weight excluding hydrogens is 635 g/mol. The minimum absolute atomic E-state index is 0.330. The molecule has 3 N–H and O–H groups in total. The molecule has 0 radical (unpaired) electrons. The average Bonchev–Trinajstić information content (AvgIpc) is 3.71. The summed E-state index contributed by atoms with van der Waals surface area (Å²) >= 11 is 0. The van der Waals surface area contributed by atoms with E-state index in [4.69, 9.17) is 20.8 Å². The number of likely N-dealkylation sites (N-methyl/N-ethyl adjacent to an activating group) is 1. The molecule has 0 amide bonds. The first-order chi connectivity index (χ1) is 24.5. The number of rotatable bonds is 10. The Balaban J connectivity index is 0.000000405. The Hall–Kier alpha value is -3.69. The lowest BCUT2D eigenvalue weighted by molar-refractivity contribution is -0.107. The third-order valence-corrected chi connectivity index (χ3v) is 8.73. The molecule has 2 aromatic heterocycles. The zero-order chi connectivity index (χ0) is 38.3. The summed E-state index contributed by atoms with van der Waals surface area (Å²) in [5.41, 5.74) is 15.2. The van der Waals surface area contributed by atoms with E-state index in [1.165, 1.54) is 38.5 Å². The summed E-state index contributed by atoms with van der Waals surface area (Å²) in [6.07, 6.45) is 18.2. The third-order valence-electron chi connectivity index (χ3n) is 8.73. The van der Waals surface area contributed by atoms with Crippen LogP contribution in [0.15, 0.2) is 47.9 Å². The molecule has 1 aliphatic carbocycles. The predicted octanol–water partition coefficient (Wildman–Crippen LogP) is 8.78. The van der Waals surface area contributed by atoms with E-state index in [0.29, 0.717) is 31.4 Å². The molecule has 51 heavy (non-hydrogen) atoms. The highest BCUT2D eigenvalue weighted by Gasteiger charge is 2.30. The average molecular weight is 704 g/mol. The quantitative estimate of drug-likeness (QED) is 0.160. The number of hydrogen-bond donors (Lipinski definition) is 2. The van der Waals surface area contributed by atoms with Crippen molar-refractivity contribution in [1.82, 2.24) is 24.6 Å². The minimum atomic E-state index is 0.330. The van der Waals surface area contributed by atoms with Gasteiger partial charge in [0.05, 0.1) is 35.6 Å². The zero-order valence-corrected chi connectivity index (χ0v) is 33.7. The number of nitrogens with two attached hydrogens (primary N) is 1. The van der Waals surface area contributed by atoms with Crippen LogP contribution >= 0.6 is 0 Å². The number of aromatic nitrogens is 4. The number of benzene rings is 1. The van der Waals surface area contributed by atoms with Gasteiger partial charge in [0.15, 0.2) is 0 Å². The highest BCUT2D eigenvalue weighted by molar-refractivity contribution is 5.82. The van der Waals surface area contributed by atoms with E-state index >= 15 is 0 Å². The number of allylic oxidation sites excluding steroid dienone is 1. The summed E-state index contributed by atoms with van der Waals surface area (Å²) in [6.45, 7) is 20.0. The van der Waals surface area contributed by atoms with Crippen LogP contribution in [0.2, 0.25) is 0 Å². The zero-order valence-electron chi connectivity index (χ0n) is 33.7. The summed E-state index contributed by atoms with van der Waals surface area (Å²) in [6, 6.07) is 6.37. The molecular formula is C42H69N7O2. The lowest BCUT2D eigenvalue weighted by atomic mass is 9.72. The molecule has 0 bridgehead atoms. The van der Waals surface area contributed by atoms with Crippen molar-refractivity contribution in [1.29, 1.82) is 0 Å². The maximum atomic E-state index is 10.3. The Kier molecular flexibility index (Phi) is 22.5. The largest absolute Gasteiger partial charge is 0.397 e. The number of aliphatic hydroxyl groups is 1. The molecule has 1 aromatic carbocycles. The Labute approximate surface area is 309 Å². The SMILES string of the molecule is CC.CC(C)=Nc1ccc(CC=O)cc1C.CCC.CCC=C(N)c1nc(C2CC(CC)C2)cnc1Cc1cnn(C)c1.CN1CCCC1CO. The van der Waals surface area contributed by atoms with Crippen LogP contribution in [0.5, 0.6) is 0 Å². The van der Waals surface area contributed by atoms with Gasteiger partial charge >= 0.3 is 0 Å². The van der Waals surface area contributed by atoms with Gasteiger partial charge in [-0.05, 0) is 95.1 Å². The summed E-state index contributed by atoms with van der Waals surface area (Å²) in [5.74, 6) is 1.39. The molecule has 5 rings (SSSR count). The second-order valence-corrected chi connectivity index (χ2v) is 13.5.